The third-order valence-corrected chi connectivity index (χ3v) is 2.24. The minimum Gasteiger partial charge on any atom is -0.492 e. The zero-order chi connectivity index (χ0) is 12.5. The summed E-state index contributed by atoms with van der Waals surface area (Å²) in [6.45, 7) is 5.73. The van der Waals surface area contributed by atoms with E-state index < -0.39 is 0 Å². The summed E-state index contributed by atoms with van der Waals surface area (Å²) in [5.74, 6) is 0.724. The second-order valence-corrected chi connectivity index (χ2v) is 3.57. The van der Waals surface area contributed by atoms with Crippen LogP contribution in [0.15, 0.2) is 18.5 Å². The molecule has 0 aliphatic heterocycles. The molecule has 0 bridgehead atoms. The van der Waals surface area contributed by atoms with Gasteiger partial charge in [-0.2, -0.15) is 0 Å². The summed E-state index contributed by atoms with van der Waals surface area (Å²) >= 11 is 0. The number of ketones is 1. The molecule has 0 N–H and O–H groups in total. The second-order valence-electron chi connectivity index (χ2n) is 3.57. The lowest BCUT2D eigenvalue weighted by atomic mass is 10.1. The highest BCUT2D eigenvalue weighted by Crippen LogP contribution is 2.13. The average Bonchev–Trinajstić information content (AvgIpc) is 2.35. The van der Waals surface area contributed by atoms with Crippen LogP contribution < -0.4 is 4.74 Å². The minimum atomic E-state index is 0.0822. The summed E-state index contributed by atoms with van der Waals surface area (Å²) in [6, 6.07) is 1.74. The third kappa shape index (κ3) is 4.95. The summed E-state index contributed by atoms with van der Waals surface area (Å²) in [7, 11) is 0. The summed E-state index contributed by atoms with van der Waals surface area (Å²) in [5, 5.41) is 0. The van der Waals surface area contributed by atoms with Crippen molar-refractivity contribution in [3.05, 3.63) is 24.0 Å². The van der Waals surface area contributed by atoms with E-state index in [2.05, 4.69) is 4.98 Å². The van der Waals surface area contributed by atoms with Crippen LogP contribution >= 0.6 is 0 Å². The van der Waals surface area contributed by atoms with Gasteiger partial charge < -0.3 is 9.47 Å². The average molecular weight is 237 g/mol. The maximum atomic E-state index is 11.8. The van der Waals surface area contributed by atoms with Crippen LogP contribution in [0.2, 0.25) is 0 Å². The number of aromatic nitrogens is 1. The van der Waals surface area contributed by atoms with Gasteiger partial charge in [0.25, 0.3) is 0 Å². The zero-order valence-corrected chi connectivity index (χ0v) is 10.4. The number of Topliss-reactive ketones (excluding diaryl/α,β-unsaturated/α-hetero) is 1. The van der Waals surface area contributed by atoms with Crippen LogP contribution in [0, 0.1) is 0 Å². The molecule has 0 aliphatic carbocycles. The monoisotopic (exact) mass is 237 g/mol. The smallest absolute Gasteiger partial charge is 0.164 e. The molecule has 4 nitrogen and oxygen atoms in total. The van der Waals surface area contributed by atoms with Crippen LogP contribution in [0.25, 0.3) is 0 Å². The second kappa shape index (κ2) is 7.79. The quantitative estimate of drug-likeness (QED) is 0.515. The van der Waals surface area contributed by atoms with E-state index in [0.29, 0.717) is 37.6 Å². The summed E-state index contributed by atoms with van der Waals surface area (Å²) in [4.78, 5) is 15.8. The maximum Gasteiger partial charge on any atom is 0.164 e. The molecule has 0 saturated carbocycles. The largest absolute Gasteiger partial charge is 0.492 e. The Bertz CT molecular complexity index is 352. The third-order valence-electron chi connectivity index (χ3n) is 2.24. The van der Waals surface area contributed by atoms with E-state index in [9.17, 15) is 4.79 Å². The van der Waals surface area contributed by atoms with E-state index in [-0.39, 0.29) is 5.78 Å². The first kappa shape index (κ1) is 13.6. The Balaban J connectivity index is 2.47. The van der Waals surface area contributed by atoms with Crippen LogP contribution in [-0.2, 0) is 4.74 Å². The van der Waals surface area contributed by atoms with Crippen LogP contribution in [0.1, 0.15) is 37.0 Å². The Hall–Kier alpha value is -1.42. The summed E-state index contributed by atoms with van der Waals surface area (Å²) < 4.78 is 10.5. The van der Waals surface area contributed by atoms with Gasteiger partial charge in [0.2, 0.25) is 0 Å². The van der Waals surface area contributed by atoms with Gasteiger partial charge in [-0.1, -0.05) is 0 Å². The molecule has 0 spiro atoms. The first-order valence-electron chi connectivity index (χ1n) is 5.96. The van der Waals surface area contributed by atoms with Crippen molar-refractivity contribution in [2.75, 3.05) is 19.8 Å². The number of carbonyl (C=O) groups is 1. The van der Waals surface area contributed by atoms with Crippen LogP contribution in [0.3, 0.4) is 0 Å². The Labute approximate surface area is 102 Å². The van der Waals surface area contributed by atoms with Crippen LogP contribution in [0.5, 0.6) is 5.75 Å². The fourth-order valence-electron chi connectivity index (χ4n) is 1.44. The van der Waals surface area contributed by atoms with Crippen molar-refractivity contribution in [2.45, 2.75) is 26.7 Å². The van der Waals surface area contributed by atoms with Gasteiger partial charge >= 0.3 is 0 Å². The van der Waals surface area contributed by atoms with Gasteiger partial charge in [-0.05, 0) is 26.3 Å². The van der Waals surface area contributed by atoms with Crippen LogP contribution in [0.4, 0.5) is 0 Å². The number of hydrogen-bond acceptors (Lipinski definition) is 4. The fourth-order valence-corrected chi connectivity index (χ4v) is 1.44. The highest BCUT2D eigenvalue weighted by atomic mass is 16.5. The number of hydrogen-bond donors (Lipinski definition) is 0. The molecule has 0 saturated heterocycles. The predicted molar refractivity (Wildman–Crippen MR) is 65.5 cm³/mol. The Kier molecular flexibility index (Phi) is 6.25. The van der Waals surface area contributed by atoms with E-state index in [1.807, 2.05) is 13.8 Å². The van der Waals surface area contributed by atoms with Gasteiger partial charge in [-0.15, -0.1) is 0 Å². The molecule has 1 heterocycles. The molecule has 1 rings (SSSR count). The molecule has 17 heavy (non-hydrogen) atoms. The van der Waals surface area contributed by atoms with Gasteiger partial charge in [0.05, 0.1) is 12.8 Å². The zero-order valence-electron chi connectivity index (χ0n) is 10.4. The van der Waals surface area contributed by atoms with E-state index in [0.717, 1.165) is 6.42 Å². The molecule has 0 unspecified atom stereocenters. The van der Waals surface area contributed by atoms with Crippen molar-refractivity contribution < 1.29 is 14.3 Å². The molecule has 0 fully saturated rings. The first-order chi connectivity index (χ1) is 8.27. The number of carbonyl (C=O) groups excluding carboxylic acids is 1. The van der Waals surface area contributed by atoms with Gasteiger partial charge in [0.1, 0.15) is 5.75 Å². The van der Waals surface area contributed by atoms with Gasteiger partial charge in [0.15, 0.2) is 5.78 Å². The van der Waals surface area contributed by atoms with Gasteiger partial charge in [0, 0.05) is 31.4 Å². The predicted octanol–water partition coefficient (Wildman–Crippen LogP) is 2.48. The van der Waals surface area contributed by atoms with Crippen molar-refractivity contribution >= 4 is 5.78 Å². The number of rotatable bonds is 8. The number of nitrogens with zero attached hydrogens (tertiary/aromatic N) is 1. The van der Waals surface area contributed by atoms with Crippen molar-refractivity contribution in [1.82, 2.24) is 4.98 Å². The first-order valence-corrected chi connectivity index (χ1v) is 5.96. The molecule has 0 aliphatic rings. The van der Waals surface area contributed by atoms with Gasteiger partial charge in [-0.3, -0.25) is 9.78 Å². The molecule has 1 aromatic rings. The molecule has 94 valence electrons. The lowest BCUT2D eigenvalue weighted by Crippen LogP contribution is -2.03. The van der Waals surface area contributed by atoms with E-state index in [1.165, 1.54) is 0 Å². The molecule has 0 atom stereocenters. The maximum absolute atomic E-state index is 11.8. The van der Waals surface area contributed by atoms with E-state index >= 15 is 0 Å². The van der Waals surface area contributed by atoms with Crippen molar-refractivity contribution in [2.24, 2.45) is 0 Å². The lowest BCUT2D eigenvalue weighted by Gasteiger charge is -2.05. The molecule has 1 aromatic heterocycles. The van der Waals surface area contributed by atoms with E-state index in [4.69, 9.17) is 9.47 Å². The van der Waals surface area contributed by atoms with Crippen LogP contribution in [-0.4, -0.2) is 30.6 Å². The normalized spacial score (nSPS) is 10.2. The standard InChI is InChI=1S/C13H19NO3/c1-3-16-7-5-6-13(15)11-8-12(17-4-2)10-14-9-11/h8-10H,3-7H2,1-2H3. The Morgan fingerprint density at radius 1 is 1.29 bits per heavy atom. The molecular weight excluding hydrogens is 218 g/mol. The number of ether oxygens (including phenoxy) is 2. The van der Waals surface area contributed by atoms with Crippen molar-refractivity contribution in [1.29, 1.82) is 0 Å². The van der Waals surface area contributed by atoms with Crippen molar-refractivity contribution in [3.8, 4) is 5.75 Å². The lowest BCUT2D eigenvalue weighted by molar-refractivity contribution is 0.0946. The minimum absolute atomic E-state index is 0.0822. The molecule has 4 heteroatoms. The molecule has 0 radical (unpaired) electrons. The Morgan fingerprint density at radius 2 is 2.12 bits per heavy atom. The van der Waals surface area contributed by atoms with Gasteiger partial charge in [-0.25, -0.2) is 0 Å². The molecular formula is C13H19NO3. The SMILES string of the molecule is CCOCCCC(=O)c1cncc(OCC)c1. The Morgan fingerprint density at radius 3 is 2.82 bits per heavy atom. The highest BCUT2D eigenvalue weighted by Gasteiger charge is 2.07. The molecule has 0 aromatic carbocycles. The number of pyridine rings is 1. The fraction of sp³-hybridized carbons (Fsp3) is 0.538. The topological polar surface area (TPSA) is 48.4 Å². The highest BCUT2D eigenvalue weighted by molar-refractivity contribution is 5.96. The van der Waals surface area contributed by atoms with Crippen molar-refractivity contribution in [3.63, 3.8) is 0 Å². The molecule has 0 amide bonds. The van der Waals surface area contributed by atoms with E-state index in [1.54, 1.807) is 18.5 Å². The summed E-state index contributed by atoms with van der Waals surface area (Å²) in [5.41, 5.74) is 0.604. The summed E-state index contributed by atoms with van der Waals surface area (Å²) in [6.07, 6.45) is 4.41.